The highest BCUT2D eigenvalue weighted by molar-refractivity contribution is 5.81. The molecule has 6 heteroatoms. The number of carboxylic acids is 1. The van der Waals surface area contributed by atoms with E-state index in [0.717, 1.165) is 6.42 Å². The molecule has 0 heterocycles. The third-order valence-corrected chi connectivity index (χ3v) is 2.87. The third-order valence-electron chi connectivity index (χ3n) is 2.87. The van der Waals surface area contributed by atoms with Crippen molar-refractivity contribution in [2.75, 3.05) is 19.8 Å². The first-order chi connectivity index (χ1) is 9.53. The predicted molar refractivity (Wildman–Crippen MR) is 70.9 cm³/mol. The SMILES string of the molecule is CCCNC(COCC(F)F)(C(=O)O)c1ccccc1. The molecule has 0 saturated carbocycles. The van der Waals surface area contributed by atoms with Crippen LogP contribution in [0.1, 0.15) is 18.9 Å². The van der Waals surface area contributed by atoms with Crippen LogP contribution >= 0.6 is 0 Å². The third kappa shape index (κ3) is 4.25. The van der Waals surface area contributed by atoms with Gasteiger partial charge in [-0.1, -0.05) is 37.3 Å². The topological polar surface area (TPSA) is 58.6 Å². The summed E-state index contributed by atoms with van der Waals surface area (Å²) in [7, 11) is 0. The van der Waals surface area contributed by atoms with Crippen molar-refractivity contribution in [2.24, 2.45) is 0 Å². The van der Waals surface area contributed by atoms with Gasteiger partial charge in [-0.2, -0.15) is 0 Å². The van der Waals surface area contributed by atoms with Crippen molar-refractivity contribution in [1.82, 2.24) is 5.32 Å². The molecule has 0 amide bonds. The summed E-state index contributed by atoms with van der Waals surface area (Å²) in [4.78, 5) is 11.7. The second kappa shape index (κ2) is 7.91. The van der Waals surface area contributed by atoms with Gasteiger partial charge >= 0.3 is 5.97 Å². The Kier molecular flexibility index (Phi) is 6.54. The first-order valence-electron chi connectivity index (χ1n) is 6.42. The molecule has 1 aromatic rings. The van der Waals surface area contributed by atoms with E-state index in [1.165, 1.54) is 0 Å². The van der Waals surface area contributed by atoms with Crippen LogP contribution in [0, 0.1) is 0 Å². The molecule has 1 unspecified atom stereocenters. The van der Waals surface area contributed by atoms with Crippen molar-refractivity contribution in [2.45, 2.75) is 25.3 Å². The van der Waals surface area contributed by atoms with E-state index in [1.54, 1.807) is 30.3 Å². The second-order valence-electron chi connectivity index (χ2n) is 4.41. The predicted octanol–water partition coefficient (Wildman–Crippen LogP) is 2.25. The van der Waals surface area contributed by atoms with Crippen molar-refractivity contribution in [1.29, 1.82) is 0 Å². The van der Waals surface area contributed by atoms with Crippen LogP contribution in [0.2, 0.25) is 0 Å². The van der Waals surface area contributed by atoms with E-state index in [2.05, 4.69) is 5.32 Å². The molecule has 0 radical (unpaired) electrons. The summed E-state index contributed by atoms with van der Waals surface area (Å²) in [6.07, 6.45) is -1.90. The Labute approximate surface area is 116 Å². The summed E-state index contributed by atoms with van der Waals surface area (Å²) < 4.78 is 29.2. The normalized spacial score (nSPS) is 14.2. The fourth-order valence-corrected chi connectivity index (χ4v) is 1.86. The zero-order valence-electron chi connectivity index (χ0n) is 11.3. The maximum absolute atomic E-state index is 12.2. The molecule has 4 nitrogen and oxygen atoms in total. The zero-order chi connectivity index (χ0) is 15.0. The molecule has 0 aliphatic carbocycles. The van der Waals surface area contributed by atoms with Gasteiger partial charge in [-0.05, 0) is 18.5 Å². The fraction of sp³-hybridized carbons (Fsp3) is 0.500. The quantitative estimate of drug-likeness (QED) is 0.731. The Morgan fingerprint density at radius 1 is 1.40 bits per heavy atom. The lowest BCUT2D eigenvalue weighted by Crippen LogP contribution is -2.53. The Balaban J connectivity index is 2.98. The van der Waals surface area contributed by atoms with Gasteiger partial charge in [-0.15, -0.1) is 0 Å². The number of benzene rings is 1. The summed E-state index contributed by atoms with van der Waals surface area (Å²) in [5.41, 5.74) is -1.03. The van der Waals surface area contributed by atoms with Crippen LogP contribution in [0.25, 0.3) is 0 Å². The zero-order valence-corrected chi connectivity index (χ0v) is 11.3. The number of alkyl halides is 2. The molecule has 112 valence electrons. The Morgan fingerprint density at radius 2 is 2.05 bits per heavy atom. The minimum absolute atomic E-state index is 0.351. The number of ether oxygens (including phenoxy) is 1. The summed E-state index contributed by atoms with van der Waals surface area (Å²) in [6.45, 7) is 1.20. The highest BCUT2D eigenvalue weighted by Crippen LogP contribution is 2.22. The van der Waals surface area contributed by atoms with Gasteiger partial charge in [0.25, 0.3) is 6.43 Å². The minimum Gasteiger partial charge on any atom is -0.480 e. The van der Waals surface area contributed by atoms with E-state index in [4.69, 9.17) is 4.74 Å². The summed E-state index contributed by atoms with van der Waals surface area (Å²) in [5, 5.41) is 12.4. The first-order valence-corrected chi connectivity index (χ1v) is 6.42. The van der Waals surface area contributed by atoms with Crippen LogP contribution in [-0.4, -0.2) is 37.3 Å². The molecule has 0 aliphatic heterocycles. The summed E-state index contributed by atoms with van der Waals surface area (Å²) in [6, 6.07) is 8.45. The van der Waals surface area contributed by atoms with E-state index in [1.807, 2.05) is 6.92 Å². The summed E-state index contributed by atoms with van der Waals surface area (Å²) in [5.74, 6) is -1.15. The van der Waals surface area contributed by atoms with Gasteiger partial charge < -0.3 is 9.84 Å². The molecule has 1 atom stereocenters. The lowest BCUT2D eigenvalue weighted by molar-refractivity contribution is -0.149. The van der Waals surface area contributed by atoms with Gasteiger partial charge in [0.15, 0.2) is 5.54 Å². The molecular weight excluding hydrogens is 268 g/mol. The average Bonchev–Trinajstić information content (AvgIpc) is 2.43. The number of hydrogen-bond acceptors (Lipinski definition) is 3. The summed E-state index contributed by atoms with van der Waals surface area (Å²) >= 11 is 0. The van der Waals surface area contributed by atoms with E-state index >= 15 is 0 Å². The molecule has 0 saturated heterocycles. The Morgan fingerprint density at radius 3 is 2.55 bits per heavy atom. The number of carbonyl (C=O) groups is 1. The first kappa shape index (κ1) is 16.5. The largest absolute Gasteiger partial charge is 0.480 e. The number of hydrogen-bond donors (Lipinski definition) is 2. The standard InChI is InChI=1S/C14H19F2NO3/c1-2-8-17-14(13(18)19,10-20-9-12(15)16)11-6-4-3-5-7-11/h3-7,12,17H,2,8-10H2,1H3,(H,18,19). The number of halogens is 2. The highest BCUT2D eigenvalue weighted by atomic mass is 19.3. The van der Waals surface area contributed by atoms with Crippen LogP contribution < -0.4 is 5.32 Å². The lowest BCUT2D eigenvalue weighted by Gasteiger charge is -2.31. The smallest absolute Gasteiger partial charge is 0.331 e. The maximum Gasteiger partial charge on any atom is 0.331 e. The molecular formula is C14H19F2NO3. The van der Waals surface area contributed by atoms with E-state index < -0.39 is 24.5 Å². The van der Waals surface area contributed by atoms with Crippen molar-refractivity contribution in [3.05, 3.63) is 35.9 Å². The average molecular weight is 287 g/mol. The number of carboxylic acid groups (broad SMARTS) is 1. The molecule has 0 bridgehead atoms. The van der Waals surface area contributed by atoms with Gasteiger partial charge in [0, 0.05) is 0 Å². The fourth-order valence-electron chi connectivity index (χ4n) is 1.86. The van der Waals surface area contributed by atoms with Crippen molar-refractivity contribution in [3.8, 4) is 0 Å². The van der Waals surface area contributed by atoms with Crippen LogP contribution in [0.4, 0.5) is 8.78 Å². The van der Waals surface area contributed by atoms with Crippen molar-refractivity contribution < 1.29 is 23.4 Å². The van der Waals surface area contributed by atoms with Crippen LogP contribution in [0.15, 0.2) is 30.3 Å². The van der Waals surface area contributed by atoms with E-state index in [0.29, 0.717) is 12.1 Å². The van der Waals surface area contributed by atoms with Gasteiger partial charge in [-0.3, -0.25) is 5.32 Å². The second-order valence-corrected chi connectivity index (χ2v) is 4.41. The van der Waals surface area contributed by atoms with Crippen LogP contribution in [-0.2, 0) is 15.1 Å². The molecule has 1 aromatic carbocycles. The highest BCUT2D eigenvalue weighted by Gasteiger charge is 2.40. The monoisotopic (exact) mass is 287 g/mol. The van der Waals surface area contributed by atoms with Gasteiger partial charge in [0.2, 0.25) is 0 Å². The Bertz CT molecular complexity index is 414. The molecule has 20 heavy (non-hydrogen) atoms. The molecule has 0 aromatic heterocycles. The number of nitrogens with one attached hydrogen (secondary N) is 1. The van der Waals surface area contributed by atoms with Crippen LogP contribution in [0.5, 0.6) is 0 Å². The van der Waals surface area contributed by atoms with Gasteiger partial charge in [0.05, 0.1) is 6.61 Å². The van der Waals surface area contributed by atoms with E-state index in [9.17, 15) is 18.7 Å². The van der Waals surface area contributed by atoms with E-state index in [-0.39, 0.29) is 6.61 Å². The van der Waals surface area contributed by atoms with Gasteiger partial charge in [-0.25, -0.2) is 13.6 Å². The lowest BCUT2D eigenvalue weighted by atomic mass is 9.90. The molecule has 1 rings (SSSR count). The molecule has 0 aliphatic rings. The molecule has 2 N–H and O–H groups in total. The minimum atomic E-state index is -2.62. The Hall–Kier alpha value is -1.53. The van der Waals surface area contributed by atoms with Gasteiger partial charge in [0.1, 0.15) is 6.61 Å². The number of aliphatic carboxylic acids is 1. The maximum atomic E-state index is 12.2. The van der Waals surface area contributed by atoms with Crippen LogP contribution in [0.3, 0.4) is 0 Å². The molecule has 0 fully saturated rings. The van der Waals surface area contributed by atoms with Crippen molar-refractivity contribution >= 4 is 5.97 Å². The number of rotatable bonds is 9. The van der Waals surface area contributed by atoms with Crippen molar-refractivity contribution in [3.63, 3.8) is 0 Å². The molecule has 0 spiro atoms.